The number of ether oxygens (including phenoxy) is 3. The first-order chi connectivity index (χ1) is 18.5. The third-order valence-corrected chi connectivity index (χ3v) is 8.78. The average molecular weight is 553 g/mol. The van der Waals surface area contributed by atoms with Gasteiger partial charge in [-0.25, -0.2) is 8.42 Å². The maximum Gasteiger partial charge on any atom is 0.264 e. The van der Waals surface area contributed by atoms with Crippen LogP contribution >= 0.6 is 0 Å². The summed E-state index contributed by atoms with van der Waals surface area (Å²) >= 11 is 0. The van der Waals surface area contributed by atoms with Crippen LogP contribution in [0.2, 0.25) is 0 Å². The normalized spacial score (nSPS) is 15.8. The number of benzene rings is 3. The second kappa shape index (κ2) is 11.2. The summed E-state index contributed by atoms with van der Waals surface area (Å²) in [5.74, 6) is 1.54. The van der Waals surface area contributed by atoms with Gasteiger partial charge in [0.05, 0.1) is 37.4 Å². The van der Waals surface area contributed by atoms with Crippen molar-refractivity contribution in [2.45, 2.75) is 57.6 Å². The number of amides is 1. The highest BCUT2D eigenvalue weighted by Gasteiger charge is 2.38. The average Bonchev–Trinajstić information content (AvgIpc) is 2.91. The molecular weight excluding hydrogens is 516 g/mol. The summed E-state index contributed by atoms with van der Waals surface area (Å²) in [6.45, 7) is 9.78. The number of sulfonamides is 1. The molecule has 1 aliphatic heterocycles. The molecule has 1 N–H and O–H groups in total. The number of anilines is 1. The number of aryl methyl sites for hydroxylation is 2. The Morgan fingerprint density at radius 1 is 0.974 bits per heavy atom. The molecule has 9 heteroatoms. The Morgan fingerprint density at radius 3 is 2.28 bits per heavy atom. The van der Waals surface area contributed by atoms with E-state index in [4.69, 9.17) is 14.2 Å². The van der Waals surface area contributed by atoms with E-state index in [0.29, 0.717) is 17.2 Å². The summed E-state index contributed by atoms with van der Waals surface area (Å²) in [6.07, 6.45) is -1.04. The summed E-state index contributed by atoms with van der Waals surface area (Å²) in [7, 11) is -0.817. The van der Waals surface area contributed by atoms with E-state index in [1.165, 1.54) is 23.5 Å². The highest BCUT2D eigenvalue weighted by atomic mass is 32.2. The van der Waals surface area contributed by atoms with Gasteiger partial charge in [-0.3, -0.25) is 9.10 Å². The third-order valence-electron chi connectivity index (χ3n) is 6.99. The smallest absolute Gasteiger partial charge is 0.264 e. The van der Waals surface area contributed by atoms with E-state index >= 15 is 0 Å². The fourth-order valence-corrected chi connectivity index (χ4v) is 6.27. The summed E-state index contributed by atoms with van der Waals surface area (Å²) in [4.78, 5) is 13.6. The minimum absolute atomic E-state index is 0.0966. The third kappa shape index (κ3) is 5.68. The molecule has 3 aromatic carbocycles. The minimum Gasteiger partial charge on any atom is -0.497 e. The van der Waals surface area contributed by atoms with Crippen LogP contribution in [0.3, 0.4) is 0 Å². The van der Waals surface area contributed by atoms with Crippen LogP contribution in [-0.2, 0) is 14.8 Å². The number of carbonyl (C=O) groups excluding carboxylic acids is 1. The molecule has 0 unspecified atom stereocenters. The van der Waals surface area contributed by atoms with Crippen LogP contribution in [0.5, 0.6) is 17.2 Å². The van der Waals surface area contributed by atoms with Crippen LogP contribution in [0.1, 0.15) is 55.0 Å². The van der Waals surface area contributed by atoms with Crippen molar-refractivity contribution in [2.24, 2.45) is 0 Å². The Morgan fingerprint density at radius 2 is 1.67 bits per heavy atom. The Kier molecular flexibility index (Phi) is 8.11. The molecule has 0 spiro atoms. The summed E-state index contributed by atoms with van der Waals surface area (Å²) in [5, 5.41) is 3.04. The lowest BCUT2D eigenvalue weighted by Crippen LogP contribution is -2.51. The van der Waals surface area contributed by atoms with E-state index in [2.05, 4.69) is 25.2 Å². The molecule has 1 aliphatic rings. The molecule has 0 radical (unpaired) electrons. The lowest BCUT2D eigenvalue weighted by molar-refractivity contribution is -0.128. The second-order valence-electron chi connectivity index (χ2n) is 10.1. The first-order valence-corrected chi connectivity index (χ1v) is 14.3. The summed E-state index contributed by atoms with van der Waals surface area (Å²) in [6, 6.07) is 15.1. The minimum atomic E-state index is -3.99. The lowest BCUT2D eigenvalue weighted by atomic mass is 9.93. The Balaban J connectivity index is 1.64. The molecule has 3 aromatic rings. The van der Waals surface area contributed by atoms with Gasteiger partial charge in [0.25, 0.3) is 15.9 Å². The number of rotatable bonds is 8. The largest absolute Gasteiger partial charge is 0.497 e. The van der Waals surface area contributed by atoms with E-state index in [1.807, 2.05) is 32.9 Å². The molecule has 0 aliphatic carbocycles. The van der Waals surface area contributed by atoms with Gasteiger partial charge >= 0.3 is 0 Å². The van der Waals surface area contributed by atoms with Crippen LogP contribution < -0.4 is 23.8 Å². The van der Waals surface area contributed by atoms with Crippen molar-refractivity contribution in [1.82, 2.24) is 5.32 Å². The molecule has 2 atom stereocenters. The summed E-state index contributed by atoms with van der Waals surface area (Å²) in [5.41, 5.74) is 4.27. The first kappa shape index (κ1) is 28.3. The molecule has 8 nitrogen and oxygen atoms in total. The Labute approximate surface area is 230 Å². The molecule has 0 aromatic heterocycles. The van der Waals surface area contributed by atoms with Crippen molar-refractivity contribution >= 4 is 21.6 Å². The van der Waals surface area contributed by atoms with E-state index < -0.39 is 22.0 Å². The van der Waals surface area contributed by atoms with Gasteiger partial charge in [-0.2, -0.15) is 0 Å². The van der Waals surface area contributed by atoms with Crippen molar-refractivity contribution in [2.75, 3.05) is 25.1 Å². The zero-order valence-corrected chi connectivity index (χ0v) is 24.3. The number of nitrogens with one attached hydrogen (secondary N) is 1. The number of nitrogens with zero attached hydrogens (tertiary/aromatic N) is 1. The Bertz CT molecular complexity index is 1470. The van der Waals surface area contributed by atoms with E-state index in [-0.39, 0.29) is 23.4 Å². The van der Waals surface area contributed by atoms with Crippen LogP contribution in [0.4, 0.5) is 5.69 Å². The van der Waals surface area contributed by atoms with Gasteiger partial charge in [0.2, 0.25) is 0 Å². The molecule has 39 heavy (non-hydrogen) atoms. The summed E-state index contributed by atoms with van der Waals surface area (Å²) < 4.78 is 45.5. The van der Waals surface area contributed by atoms with Crippen molar-refractivity contribution in [1.29, 1.82) is 0 Å². The van der Waals surface area contributed by atoms with Gasteiger partial charge in [0.1, 0.15) is 17.2 Å². The maximum absolute atomic E-state index is 13.7. The molecule has 4 rings (SSSR count). The molecule has 1 amide bonds. The zero-order valence-electron chi connectivity index (χ0n) is 23.4. The maximum atomic E-state index is 13.7. The molecular formula is C30H36N2O6S. The topological polar surface area (TPSA) is 94.2 Å². The highest BCUT2D eigenvalue weighted by molar-refractivity contribution is 7.92. The van der Waals surface area contributed by atoms with Crippen LogP contribution in [0.25, 0.3) is 0 Å². The van der Waals surface area contributed by atoms with Gasteiger partial charge in [0, 0.05) is 0 Å². The number of fused-ring (bicyclic) bond motifs is 1. The Hall–Kier alpha value is -3.72. The predicted octanol–water partition coefficient (Wildman–Crippen LogP) is 5.28. The molecule has 0 saturated carbocycles. The van der Waals surface area contributed by atoms with Gasteiger partial charge in [-0.15, -0.1) is 0 Å². The predicted molar refractivity (Wildman–Crippen MR) is 151 cm³/mol. The number of methoxy groups -OCH3 is 2. The number of hydrogen-bond donors (Lipinski definition) is 1. The molecule has 0 bridgehead atoms. The fraction of sp³-hybridized carbons (Fsp3) is 0.367. The second-order valence-corrected chi connectivity index (χ2v) is 12.0. The van der Waals surface area contributed by atoms with Gasteiger partial charge in [0.15, 0.2) is 6.10 Å². The monoisotopic (exact) mass is 552 g/mol. The quantitative estimate of drug-likeness (QED) is 0.409. The SMILES string of the molecule is COc1ccc(S(=O)(=O)N2C[C@H](C(=O)N[C@H](C)c3cc(C(C)C)c(OC)cc3C)Oc3cc(C)ccc32)cc1. The van der Waals surface area contributed by atoms with Crippen LogP contribution in [-0.4, -0.2) is 41.2 Å². The zero-order chi connectivity index (χ0) is 28.5. The van der Waals surface area contributed by atoms with Crippen molar-refractivity contribution in [3.05, 3.63) is 76.9 Å². The highest BCUT2D eigenvalue weighted by Crippen LogP contribution is 2.38. The van der Waals surface area contributed by atoms with Crippen molar-refractivity contribution in [3.8, 4) is 17.2 Å². The van der Waals surface area contributed by atoms with Crippen LogP contribution in [0.15, 0.2) is 59.5 Å². The number of hydrogen-bond acceptors (Lipinski definition) is 6. The first-order valence-electron chi connectivity index (χ1n) is 12.9. The molecule has 208 valence electrons. The van der Waals surface area contributed by atoms with E-state index in [9.17, 15) is 13.2 Å². The van der Waals surface area contributed by atoms with E-state index in [0.717, 1.165) is 28.0 Å². The molecule has 1 heterocycles. The van der Waals surface area contributed by atoms with Crippen molar-refractivity contribution in [3.63, 3.8) is 0 Å². The fourth-order valence-electron chi connectivity index (χ4n) is 4.79. The van der Waals surface area contributed by atoms with Crippen LogP contribution in [0, 0.1) is 13.8 Å². The molecule has 0 saturated heterocycles. The molecule has 0 fully saturated rings. The van der Waals surface area contributed by atoms with Gasteiger partial charge in [-0.05, 0) is 97.5 Å². The van der Waals surface area contributed by atoms with Crippen molar-refractivity contribution < 1.29 is 27.4 Å². The number of carbonyl (C=O) groups is 1. The lowest BCUT2D eigenvalue weighted by Gasteiger charge is -2.35. The van der Waals surface area contributed by atoms with E-state index in [1.54, 1.807) is 31.4 Å². The van der Waals surface area contributed by atoms with Gasteiger partial charge in [-0.1, -0.05) is 19.9 Å². The standard InChI is InChI=1S/C30H36N2O6S/c1-18(2)24-16-25(20(4)15-27(24)37-7)21(5)31-30(33)29-17-32(26-13-8-19(3)14-28(26)38-29)39(34,35)23-11-9-22(36-6)10-12-23/h8-16,18,21,29H,17H2,1-7H3,(H,31,33)/t21-,29-/m1/s1. The van der Waals surface area contributed by atoms with Gasteiger partial charge < -0.3 is 19.5 Å².